The van der Waals surface area contributed by atoms with Crippen molar-refractivity contribution in [3.8, 4) is 22.4 Å². The number of hydrogen-bond acceptors (Lipinski definition) is 4. The molecule has 5 nitrogen and oxygen atoms in total. The lowest BCUT2D eigenvalue weighted by Gasteiger charge is -2.15. The van der Waals surface area contributed by atoms with E-state index >= 15 is 0 Å². The summed E-state index contributed by atoms with van der Waals surface area (Å²) >= 11 is 0. The Kier molecular flexibility index (Phi) is 5.76. The Balaban J connectivity index is 2.16. The van der Waals surface area contributed by atoms with E-state index in [1.807, 2.05) is 62.4 Å². The van der Waals surface area contributed by atoms with Gasteiger partial charge in [0, 0.05) is 34.6 Å². The molecule has 0 unspecified atom stereocenters. The number of benzene rings is 2. The lowest BCUT2D eigenvalue weighted by molar-refractivity contribution is 0.0922. The minimum Gasteiger partial charge on any atom is -0.398 e. The van der Waals surface area contributed by atoms with Crippen LogP contribution >= 0.6 is 0 Å². The molecule has 1 heterocycles. The summed E-state index contributed by atoms with van der Waals surface area (Å²) in [6.45, 7) is 5.61. The van der Waals surface area contributed by atoms with Crippen LogP contribution in [0, 0.1) is 13.8 Å². The molecule has 144 valence electrons. The van der Waals surface area contributed by atoms with Crippen molar-refractivity contribution in [2.24, 2.45) is 0 Å². The highest BCUT2D eigenvalue weighted by atomic mass is 16.3. The summed E-state index contributed by atoms with van der Waals surface area (Å²) in [5, 5.41) is 12.1. The van der Waals surface area contributed by atoms with Crippen LogP contribution < -0.4 is 11.1 Å². The number of aromatic nitrogens is 1. The Morgan fingerprint density at radius 2 is 1.89 bits per heavy atom. The van der Waals surface area contributed by atoms with Gasteiger partial charge >= 0.3 is 0 Å². The van der Waals surface area contributed by atoms with Gasteiger partial charge in [-0.2, -0.15) is 0 Å². The van der Waals surface area contributed by atoms with Gasteiger partial charge in [-0.05, 0) is 67.8 Å². The van der Waals surface area contributed by atoms with Crippen LogP contribution in [-0.4, -0.2) is 28.6 Å². The number of nitrogens with zero attached hydrogens (tertiary/aromatic N) is 1. The average Bonchev–Trinajstić information content (AvgIpc) is 2.68. The Morgan fingerprint density at radius 3 is 2.54 bits per heavy atom. The maximum absolute atomic E-state index is 12.7. The highest BCUT2D eigenvalue weighted by Gasteiger charge is 2.15. The smallest absolute Gasteiger partial charge is 0.251 e. The highest BCUT2D eigenvalue weighted by Crippen LogP contribution is 2.33. The fourth-order valence-electron chi connectivity index (χ4n) is 3.13. The molecule has 3 rings (SSSR count). The summed E-state index contributed by atoms with van der Waals surface area (Å²) in [6.07, 6.45) is 1.80. The Bertz CT molecular complexity index is 977. The van der Waals surface area contributed by atoms with Crippen LogP contribution in [0.15, 0.2) is 54.7 Å². The van der Waals surface area contributed by atoms with Crippen molar-refractivity contribution >= 4 is 11.6 Å². The van der Waals surface area contributed by atoms with Crippen LogP contribution in [0.5, 0.6) is 0 Å². The van der Waals surface area contributed by atoms with Gasteiger partial charge < -0.3 is 16.2 Å². The van der Waals surface area contributed by atoms with Gasteiger partial charge in [0.15, 0.2) is 0 Å². The number of rotatable bonds is 5. The maximum atomic E-state index is 12.7. The van der Waals surface area contributed by atoms with E-state index in [0.29, 0.717) is 11.3 Å². The fraction of sp³-hybridized carbons (Fsp3) is 0.217. The first-order valence-electron chi connectivity index (χ1n) is 9.24. The van der Waals surface area contributed by atoms with Gasteiger partial charge in [0.2, 0.25) is 0 Å². The molecule has 0 radical (unpaired) electrons. The van der Waals surface area contributed by atoms with Crippen molar-refractivity contribution in [2.75, 3.05) is 12.3 Å². The molecule has 0 aliphatic rings. The molecule has 1 aromatic heterocycles. The van der Waals surface area contributed by atoms with Crippen LogP contribution in [-0.2, 0) is 0 Å². The zero-order chi connectivity index (χ0) is 20.3. The van der Waals surface area contributed by atoms with Crippen molar-refractivity contribution in [1.29, 1.82) is 0 Å². The fourth-order valence-corrected chi connectivity index (χ4v) is 3.13. The molecule has 0 fully saturated rings. The lowest BCUT2D eigenvalue weighted by Crippen LogP contribution is -2.35. The molecule has 0 spiro atoms. The largest absolute Gasteiger partial charge is 0.398 e. The molecule has 28 heavy (non-hydrogen) atoms. The Labute approximate surface area is 165 Å². The van der Waals surface area contributed by atoms with E-state index in [1.165, 1.54) is 0 Å². The number of carbonyl (C=O) groups is 1. The van der Waals surface area contributed by atoms with E-state index in [4.69, 9.17) is 5.73 Å². The Hall–Kier alpha value is -3.18. The van der Waals surface area contributed by atoms with Crippen molar-refractivity contribution < 1.29 is 9.90 Å². The molecule has 5 heteroatoms. The molecule has 0 bridgehead atoms. The zero-order valence-electron chi connectivity index (χ0n) is 16.4. The predicted molar refractivity (Wildman–Crippen MR) is 113 cm³/mol. The molecular weight excluding hydrogens is 350 g/mol. The van der Waals surface area contributed by atoms with E-state index in [9.17, 15) is 9.90 Å². The summed E-state index contributed by atoms with van der Waals surface area (Å²) in [5.41, 5.74) is 12.9. The van der Waals surface area contributed by atoms with E-state index < -0.39 is 0 Å². The van der Waals surface area contributed by atoms with Gasteiger partial charge in [-0.25, -0.2) is 0 Å². The minimum absolute atomic E-state index is 0.122. The molecule has 1 atom stereocenters. The predicted octanol–water partition coefficient (Wildman–Crippen LogP) is 3.73. The van der Waals surface area contributed by atoms with E-state index in [-0.39, 0.29) is 18.6 Å². The number of nitrogens with two attached hydrogens (primary N) is 1. The summed E-state index contributed by atoms with van der Waals surface area (Å²) in [5.74, 6) is -0.246. The molecular formula is C23H25N3O2. The average molecular weight is 375 g/mol. The van der Waals surface area contributed by atoms with Crippen LogP contribution in [0.3, 0.4) is 0 Å². The van der Waals surface area contributed by atoms with Crippen molar-refractivity contribution in [1.82, 2.24) is 10.3 Å². The molecule has 3 aromatic rings. The number of pyridine rings is 1. The van der Waals surface area contributed by atoms with Crippen molar-refractivity contribution in [2.45, 2.75) is 26.8 Å². The standard InChI is InChI=1S/C23H25N3O2/c1-14-7-8-21(25-12-14)17-9-18(22-15(2)5-4-6-20(22)24)11-19(10-17)23(28)26-16(3)13-27/h4-12,16,27H,13,24H2,1-3H3,(H,26,28)/t16-/m0/s1. The van der Waals surface area contributed by atoms with Gasteiger partial charge in [0.1, 0.15) is 0 Å². The summed E-state index contributed by atoms with van der Waals surface area (Å²) in [7, 11) is 0. The number of hydrogen-bond donors (Lipinski definition) is 3. The number of amides is 1. The molecule has 0 aliphatic heterocycles. The molecule has 0 saturated carbocycles. The van der Waals surface area contributed by atoms with Gasteiger partial charge in [-0.3, -0.25) is 9.78 Å². The third-order valence-electron chi connectivity index (χ3n) is 4.65. The highest BCUT2D eigenvalue weighted by molar-refractivity contribution is 5.98. The molecule has 4 N–H and O–H groups in total. The Morgan fingerprint density at radius 1 is 1.14 bits per heavy atom. The monoisotopic (exact) mass is 375 g/mol. The number of carbonyl (C=O) groups excluding carboxylic acids is 1. The number of aryl methyl sites for hydroxylation is 2. The first-order chi connectivity index (χ1) is 13.4. The van der Waals surface area contributed by atoms with Crippen LogP contribution in [0.25, 0.3) is 22.4 Å². The van der Waals surface area contributed by atoms with Crippen LogP contribution in [0.4, 0.5) is 5.69 Å². The first kappa shape index (κ1) is 19.6. The lowest BCUT2D eigenvalue weighted by atomic mass is 9.94. The van der Waals surface area contributed by atoms with Gasteiger partial charge in [-0.15, -0.1) is 0 Å². The minimum atomic E-state index is -0.333. The third kappa shape index (κ3) is 4.21. The molecule has 0 aliphatic carbocycles. The first-order valence-corrected chi connectivity index (χ1v) is 9.24. The van der Waals surface area contributed by atoms with Crippen molar-refractivity contribution in [3.05, 3.63) is 71.4 Å². The zero-order valence-corrected chi connectivity index (χ0v) is 16.4. The van der Waals surface area contributed by atoms with Crippen LogP contribution in [0.1, 0.15) is 28.4 Å². The summed E-state index contributed by atoms with van der Waals surface area (Å²) < 4.78 is 0. The quantitative estimate of drug-likeness (QED) is 0.593. The van der Waals surface area contributed by atoms with Crippen LogP contribution in [0.2, 0.25) is 0 Å². The van der Waals surface area contributed by atoms with E-state index in [0.717, 1.165) is 33.5 Å². The normalized spacial score (nSPS) is 11.9. The van der Waals surface area contributed by atoms with Gasteiger partial charge in [-0.1, -0.05) is 18.2 Å². The number of aliphatic hydroxyl groups is 1. The molecule has 1 amide bonds. The number of nitrogen functional groups attached to an aromatic ring is 1. The third-order valence-corrected chi connectivity index (χ3v) is 4.65. The van der Waals surface area contributed by atoms with E-state index in [1.54, 1.807) is 13.1 Å². The second-order valence-corrected chi connectivity index (χ2v) is 7.12. The number of aliphatic hydroxyl groups excluding tert-OH is 1. The second kappa shape index (κ2) is 8.23. The summed E-state index contributed by atoms with van der Waals surface area (Å²) in [6, 6.07) is 15.0. The van der Waals surface area contributed by atoms with Gasteiger partial charge in [0.25, 0.3) is 5.91 Å². The maximum Gasteiger partial charge on any atom is 0.251 e. The number of anilines is 1. The topological polar surface area (TPSA) is 88.2 Å². The second-order valence-electron chi connectivity index (χ2n) is 7.12. The molecule has 0 saturated heterocycles. The SMILES string of the molecule is Cc1ccc(-c2cc(C(=O)N[C@@H](C)CO)cc(-c3c(C)cccc3N)c2)nc1. The summed E-state index contributed by atoms with van der Waals surface area (Å²) in [4.78, 5) is 17.2. The number of nitrogens with one attached hydrogen (secondary N) is 1. The molecule has 2 aromatic carbocycles. The van der Waals surface area contributed by atoms with Crippen molar-refractivity contribution in [3.63, 3.8) is 0 Å². The van der Waals surface area contributed by atoms with Gasteiger partial charge in [0.05, 0.1) is 12.3 Å². The van der Waals surface area contributed by atoms with E-state index in [2.05, 4.69) is 10.3 Å².